The molecular weight excluding hydrogens is 446 g/mol. The number of nitrogens with zero attached hydrogens (tertiary/aromatic N) is 3. The number of hydrogen-bond acceptors (Lipinski definition) is 4. The SMILES string of the molecule is N#Cc1ccc(S(=O)(=O)N2CCC(C(=O)N(Cc3ccccc3)Cc3ccccc3)CC2)cc1. The van der Waals surface area contributed by atoms with Gasteiger partial charge >= 0.3 is 0 Å². The van der Waals surface area contributed by atoms with Gasteiger partial charge in [-0.05, 0) is 48.2 Å². The van der Waals surface area contributed by atoms with Crippen molar-refractivity contribution in [3.05, 3.63) is 102 Å². The van der Waals surface area contributed by atoms with Crippen molar-refractivity contribution in [3.8, 4) is 6.07 Å². The summed E-state index contributed by atoms with van der Waals surface area (Å²) in [6.45, 7) is 1.61. The molecule has 6 nitrogen and oxygen atoms in total. The minimum Gasteiger partial charge on any atom is -0.334 e. The van der Waals surface area contributed by atoms with Gasteiger partial charge in [-0.25, -0.2) is 8.42 Å². The molecule has 1 aliphatic rings. The Morgan fingerprint density at radius 1 is 0.853 bits per heavy atom. The van der Waals surface area contributed by atoms with Crippen molar-refractivity contribution in [1.82, 2.24) is 9.21 Å². The van der Waals surface area contributed by atoms with E-state index >= 15 is 0 Å². The second-order valence-corrected chi connectivity index (χ2v) is 10.4. The molecule has 0 aliphatic carbocycles. The first-order chi connectivity index (χ1) is 16.5. The normalized spacial score (nSPS) is 14.9. The van der Waals surface area contributed by atoms with Gasteiger partial charge in [0.2, 0.25) is 15.9 Å². The molecule has 0 bridgehead atoms. The quantitative estimate of drug-likeness (QED) is 0.515. The summed E-state index contributed by atoms with van der Waals surface area (Å²) in [7, 11) is -3.65. The maximum Gasteiger partial charge on any atom is 0.243 e. The van der Waals surface area contributed by atoms with Gasteiger partial charge in [-0.3, -0.25) is 4.79 Å². The fraction of sp³-hybridized carbons (Fsp3) is 0.259. The third-order valence-electron chi connectivity index (χ3n) is 6.17. The minimum atomic E-state index is -3.65. The summed E-state index contributed by atoms with van der Waals surface area (Å²) >= 11 is 0. The minimum absolute atomic E-state index is 0.0585. The summed E-state index contributed by atoms with van der Waals surface area (Å²) in [5, 5.41) is 8.95. The smallest absolute Gasteiger partial charge is 0.243 e. The van der Waals surface area contributed by atoms with Crippen LogP contribution in [0.2, 0.25) is 0 Å². The largest absolute Gasteiger partial charge is 0.334 e. The number of carbonyl (C=O) groups excluding carboxylic acids is 1. The van der Waals surface area contributed by atoms with Crippen molar-refractivity contribution < 1.29 is 13.2 Å². The maximum atomic E-state index is 13.5. The Bertz CT molecular complexity index is 1200. The van der Waals surface area contributed by atoms with E-state index in [-0.39, 0.29) is 16.7 Å². The monoisotopic (exact) mass is 473 g/mol. The molecule has 1 fully saturated rings. The molecule has 0 spiro atoms. The van der Waals surface area contributed by atoms with Crippen molar-refractivity contribution in [1.29, 1.82) is 5.26 Å². The Hall–Kier alpha value is -3.47. The zero-order valence-electron chi connectivity index (χ0n) is 18.9. The number of amides is 1. The fourth-order valence-electron chi connectivity index (χ4n) is 4.27. The molecule has 0 radical (unpaired) electrons. The first-order valence-electron chi connectivity index (χ1n) is 11.3. The summed E-state index contributed by atoms with van der Waals surface area (Å²) in [5.41, 5.74) is 2.54. The summed E-state index contributed by atoms with van der Waals surface area (Å²) < 4.78 is 27.5. The van der Waals surface area contributed by atoms with E-state index in [2.05, 4.69) is 0 Å². The number of rotatable bonds is 7. The molecule has 7 heteroatoms. The van der Waals surface area contributed by atoms with Gasteiger partial charge in [0.1, 0.15) is 0 Å². The molecule has 1 saturated heterocycles. The lowest BCUT2D eigenvalue weighted by Gasteiger charge is -2.34. The highest BCUT2D eigenvalue weighted by Crippen LogP contribution is 2.26. The Balaban J connectivity index is 1.45. The van der Waals surface area contributed by atoms with Gasteiger partial charge in [0, 0.05) is 32.1 Å². The number of piperidine rings is 1. The second-order valence-electron chi connectivity index (χ2n) is 8.48. The van der Waals surface area contributed by atoms with Crippen LogP contribution in [0.25, 0.3) is 0 Å². The molecule has 1 heterocycles. The van der Waals surface area contributed by atoms with Crippen LogP contribution >= 0.6 is 0 Å². The van der Waals surface area contributed by atoms with Crippen molar-refractivity contribution in [3.63, 3.8) is 0 Å². The Morgan fingerprint density at radius 2 is 1.35 bits per heavy atom. The molecule has 4 rings (SSSR count). The van der Waals surface area contributed by atoms with Crippen LogP contribution in [0.5, 0.6) is 0 Å². The number of hydrogen-bond donors (Lipinski definition) is 0. The van der Waals surface area contributed by atoms with Crippen molar-refractivity contribution in [2.24, 2.45) is 5.92 Å². The van der Waals surface area contributed by atoms with Gasteiger partial charge in [-0.1, -0.05) is 60.7 Å². The Kier molecular flexibility index (Phi) is 7.41. The van der Waals surface area contributed by atoms with E-state index in [9.17, 15) is 13.2 Å². The summed E-state index contributed by atoms with van der Waals surface area (Å²) in [5.74, 6) is -0.164. The summed E-state index contributed by atoms with van der Waals surface area (Å²) in [6.07, 6.45) is 0.961. The van der Waals surface area contributed by atoms with E-state index in [0.29, 0.717) is 44.6 Å². The van der Waals surface area contributed by atoms with Crippen LogP contribution in [0.15, 0.2) is 89.8 Å². The first-order valence-corrected chi connectivity index (χ1v) is 12.8. The molecule has 0 unspecified atom stereocenters. The topological polar surface area (TPSA) is 81.5 Å². The zero-order chi connectivity index (χ0) is 24.0. The van der Waals surface area contributed by atoms with Crippen molar-refractivity contribution >= 4 is 15.9 Å². The van der Waals surface area contributed by atoms with Gasteiger partial charge in [0.15, 0.2) is 0 Å². The Morgan fingerprint density at radius 3 is 1.82 bits per heavy atom. The van der Waals surface area contributed by atoms with Gasteiger partial charge in [0.05, 0.1) is 16.5 Å². The summed E-state index contributed by atoms with van der Waals surface area (Å²) in [4.78, 5) is 15.6. The lowest BCUT2D eigenvalue weighted by Crippen LogP contribution is -2.44. The predicted octanol–water partition coefficient (Wildman–Crippen LogP) is 4.19. The average molecular weight is 474 g/mol. The molecule has 0 saturated carbocycles. The molecule has 0 atom stereocenters. The highest BCUT2D eigenvalue weighted by atomic mass is 32.2. The van der Waals surface area contributed by atoms with Crippen molar-refractivity contribution in [2.75, 3.05) is 13.1 Å². The molecule has 3 aromatic carbocycles. The maximum absolute atomic E-state index is 13.5. The van der Waals surface area contributed by atoms with E-state index in [1.54, 1.807) is 0 Å². The molecule has 3 aromatic rings. The van der Waals surface area contributed by atoms with E-state index in [4.69, 9.17) is 5.26 Å². The lowest BCUT2D eigenvalue weighted by atomic mass is 9.96. The number of carbonyl (C=O) groups is 1. The third kappa shape index (κ3) is 5.53. The third-order valence-corrected chi connectivity index (χ3v) is 8.08. The predicted molar refractivity (Wildman–Crippen MR) is 130 cm³/mol. The van der Waals surface area contributed by atoms with Gasteiger partial charge in [-0.2, -0.15) is 9.57 Å². The highest BCUT2D eigenvalue weighted by Gasteiger charge is 2.34. The average Bonchev–Trinajstić information content (AvgIpc) is 2.89. The number of nitriles is 1. The first kappa shape index (κ1) is 23.7. The molecule has 34 heavy (non-hydrogen) atoms. The van der Waals surface area contributed by atoms with Crippen LogP contribution < -0.4 is 0 Å². The summed E-state index contributed by atoms with van der Waals surface area (Å²) in [6, 6.07) is 27.8. The second kappa shape index (κ2) is 10.6. The van der Waals surface area contributed by atoms with Gasteiger partial charge < -0.3 is 4.90 Å². The molecule has 1 aliphatic heterocycles. The standard InChI is InChI=1S/C27H27N3O3S/c28-19-22-11-13-26(14-12-22)34(32,33)30-17-15-25(16-18-30)27(31)29(20-23-7-3-1-4-8-23)21-24-9-5-2-6-10-24/h1-14,25H,15-18,20-21H2. The molecule has 0 aromatic heterocycles. The van der Waals surface area contributed by atoms with Gasteiger partial charge in [0.25, 0.3) is 0 Å². The van der Waals surface area contributed by atoms with E-state index in [1.165, 1.54) is 28.6 Å². The van der Waals surface area contributed by atoms with Crippen molar-refractivity contribution in [2.45, 2.75) is 30.8 Å². The molecule has 174 valence electrons. The molecular formula is C27H27N3O3S. The molecule has 1 amide bonds. The van der Waals surface area contributed by atoms with Crippen LogP contribution in [0, 0.1) is 17.2 Å². The number of sulfonamides is 1. The van der Waals surface area contributed by atoms with E-state index in [0.717, 1.165) is 11.1 Å². The number of benzene rings is 3. The lowest BCUT2D eigenvalue weighted by molar-refractivity contribution is -0.138. The fourth-order valence-corrected chi connectivity index (χ4v) is 5.74. The van der Waals surface area contributed by atoms with E-state index < -0.39 is 10.0 Å². The van der Waals surface area contributed by atoms with Crippen LogP contribution in [0.1, 0.15) is 29.5 Å². The molecule has 0 N–H and O–H groups in total. The van der Waals surface area contributed by atoms with Crippen LogP contribution in [-0.4, -0.2) is 36.6 Å². The van der Waals surface area contributed by atoms with Crippen LogP contribution in [0.3, 0.4) is 0 Å². The van der Waals surface area contributed by atoms with Gasteiger partial charge in [-0.15, -0.1) is 0 Å². The van der Waals surface area contributed by atoms with Crippen LogP contribution in [0.4, 0.5) is 0 Å². The zero-order valence-corrected chi connectivity index (χ0v) is 19.7. The Labute approximate surface area is 201 Å². The van der Waals surface area contributed by atoms with Crippen LogP contribution in [-0.2, 0) is 27.9 Å². The highest BCUT2D eigenvalue weighted by molar-refractivity contribution is 7.89. The van der Waals surface area contributed by atoms with E-state index in [1.807, 2.05) is 71.6 Å².